The number of alkyl halides is 1. The molecule has 1 fully saturated rings. The molecule has 10 heavy (non-hydrogen) atoms. The minimum atomic E-state index is 0.255. The Morgan fingerprint density at radius 2 is 2.00 bits per heavy atom. The first kappa shape index (κ1) is 10.6. The van der Waals surface area contributed by atoms with Gasteiger partial charge in [-0.25, -0.2) is 0 Å². The van der Waals surface area contributed by atoms with Crippen LogP contribution in [0.25, 0.3) is 0 Å². The molecule has 0 aromatic carbocycles. The van der Waals surface area contributed by atoms with Gasteiger partial charge in [0.15, 0.2) is 0 Å². The smallest absolute Gasteiger partial charge is 0.124 e. The van der Waals surface area contributed by atoms with Crippen LogP contribution < -0.4 is 5.32 Å². The Morgan fingerprint density at radius 3 is 2.10 bits per heavy atom. The summed E-state index contributed by atoms with van der Waals surface area (Å²) in [4.78, 5) is 0. The highest BCUT2D eigenvalue weighted by Gasteiger charge is 1.92. The van der Waals surface area contributed by atoms with Crippen LogP contribution in [0.1, 0.15) is 0 Å². The highest BCUT2D eigenvalue weighted by Crippen LogP contribution is 1.83. The Hall–Kier alpha value is 0.600. The molecule has 0 spiro atoms. The van der Waals surface area contributed by atoms with Crippen molar-refractivity contribution in [3.05, 3.63) is 0 Å². The normalized spacial score (nSPS) is 17.4. The summed E-state index contributed by atoms with van der Waals surface area (Å²) in [6.07, 6.45) is 0. The molecule has 0 aliphatic carbocycles. The third-order valence-electron chi connectivity index (χ3n) is 0.909. The number of nitrogens with one attached hydrogen (secondary N) is 1. The van der Waals surface area contributed by atoms with Crippen molar-refractivity contribution in [3.63, 3.8) is 0 Å². The second-order valence-electron chi connectivity index (χ2n) is 1.64. The highest BCUT2D eigenvalue weighted by molar-refractivity contribution is 7.09. The third kappa shape index (κ3) is 8.60. The minimum absolute atomic E-state index is 0.255. The van der Waals surface area contributed by atoms with Crippen molar-refractivity contribution in [1.82, 2.24) is 5.32 Å². The van der Waals surface area contributed by atoms with E-state index in [1.807, 2.05) is 9.47 Å². The molecule has 1 heterocycles. The molecule has 3 nitrogen and oxygen atoms in total. The van der Waals surface area contributed by atoms with E-state index in [0.717, 1.165) is 26.3 Å². The zero-order chi connectivity index (χ0) is 7.66. The SMILES string of the molecule is C1COCCN1.POCCl. The average molecular weight is 186 g/mol. The van der Waals surface area contributed by atoms with Crippen molar-refractivity contribution >= 4 is 21.1 Å². The Bertz CT molecular complexity index is 50.1. The molecule has 1 saturated heterocycles. The largest absolute Gasteiger partial charge is 0.379 e. The summed E-state index contributed by atoms with van der Waals surface area (Å²) in [7, 11) is 2.02. The first-order valence-electron chi connectivity index (χ1n) is 3.08. The van der Waals surface area contributed by atoms with Crippen LogP contribution >= 0.6 is 21.1 Å². The fourth-order valence-electron chi connectivity index (χ4n) is 0.516. The molecule has 0 amide bonds. The standard InChI is InChI=1S/C4H9NO.CH4ClOP/c1-3-6-4-2-5-1;2-1-3-4/h5H,1-4H2;1,4H2. The summed E-state index contributed by atoms with van der Waals surface area (Å²) >= 11 is 4.94. The Labute approximate surface area is 68.7 Å². The number of morpholine rings is 1. The third-order valence-corrected chi connectivity index (χ3v) is 1.41. The summed E-state index contributed by atoms with van der Waals surface area (Å²) in [5.74, 6) is 0. The van der Waals surface area contributed by atoms with E-state index in [1.54, 1.807) is 0 Å². The first-order valence-corrected chi connectivity index (χ1v) is 4.08. The first-order chi connectivity index (χ1) is 4.91. The molecule has 5 heteroatoms. The van der Waals surface area contributed by atoms with E-state index in [0.29, 0.717) is 0 Å². The number of halogens is 1. The molecule has 0 saturated carbocycles. The van der Waals surface area contributed by atoms with Crippen molar-refractivity contribution in [2.45, 2.75) is 0 Å². The van der Waals surface area contributed by atoms with Crippen molar-refractivity contribution in [2.75, 3.05) is 32.4 Å². The maximum atomic E-state index is 5.01. The van der Waals surface area contributed by atoms with E-state index in [1.165, 1.54) is 0 Å². The lowest BCUT2D eigenvalue weighted by atomic mass is 10.5. The van der Waals surface area contributed by atoms with Gasteiger partial charge in [-0.3, -0.25) is 0 Å². The maximum absolute atomic E-state index is 5.01. The van der Waals surface area contributed by atoms with Crippen LogP contribution in [-0.4, -0.2) is 32.4 Å². The van der Waals surface area contributed by atoms with Gasteiger partial charge in [-0.2, -0.15) is 0 Å². The fraction of sp³-hybridized carbons (Fsp3) is 1.00. The van der Waals surface area contributed by atoms with Crippen molar-refractivity contribution < 1.29 is 9.26 Å². The molecule has 0 radical (unpaired) electrons. The van der Waals surface area contributed by atoms with Gasteiger partial charge in [-0.15, -0.1) is 0 Å². The molecule has 1 atom stereocenters. The van der Waals surface area contributed by atoms with Crippen LogP contribution in [0.5, 0.6) is 0 Å². The van der Waals surface area contributed by atoms with Crippen LogP contribution in [0.3, 0.4) is 0 Å². The Kier molecular flexibility index (Phi) is 10.2. The lowest BCUT2D eigenvalue weighted by Crippen LogP contribution is -2.30. The van der Waals surface area contributed by atoms with Crippen LogP contribution in [0.15, 0.2) is 0 Å². The lowest BCUT2D eigenvalue weighted by Gasteiger charge is -2.10. The summed E-state index contributed by atoms with van der Waals surface area (Å²) < 4.78 is 9.23. The molecule has 0 bridgehead atoms. The maximum Gasteiger partial charge on any atom is 0.124 e. The van der Waals surface area contributed by atoms with Gasteiger partial charge in [-0.1, -0.05) is 11.6 Å². The lowest BCUT2D eigenvalue weighted by molar-refractivity contribution is 0.109. The summed E-state index contributed by atoms with van der Waals surface area (Å²) in [6.45, 7) is 3.83. The molecular formula is C5H13ClNO2P. The van der Waals surface area contributed by atoms with E-state index in [-0.39, 0.29) is 6.07 Å². The summed E-state index contributed by atoms with van der Waals surface area (Å²) in [6, 6.07) is 0.255. The monoisotopic (exact) mass is 185 g/mol. The van der Waals surface area contributed by atoms with Gasteiger partial charge in [0, 0.05) is 22.6 Å². The van der Waals surface area contributed by atoms with Gasteiger partial charge in [-0.05, 0) is 0 Å². The second-order valence-corrected chi connectivity index (χ2v) is 2.19. The zero-order valence-corrected chi connectivity index (χ0v) is 7.72. The average Bonchev–Trinajstić information content (AvgIpc) is 2.08. The predicted molar refractivity (Wildman–Crippen MR) is 45.2 cm³/mol. The number of hydrogen-bond acceptors (Lipinski definition) is 3. The van der Waals surface area contributed by atoms with E-state index < -0.39 is 0 Å². The molecule has 1 rings (SSSR count). The summed E-state index contributed by atoms with van der Waals surface area (Å²) in [5, 5.41) is 3.16. The van der Waals surface area contributed by atoms with Crippen molar-refractivity contribution in [1.29, 1.82) is 0 Å². The van der Waals surface area contributed by atoms with Crippen LogP contribution in [-0.2, 0) is 9.26 Å². The van der Waals surface area contributed by atoms with Crippen molar-refractivity contribution in [3.8, 4) is 0 Å². The van der Waals surface area contributed by atoms with E-state index >= 15 is 0 Å². The van der Waals surface area contributed by atoms with Crippen LogP contribution in [0, 0.1) is 0 Å². The Morgan fingerprint density at radius 1 is 1.50 bits per heavy atom. The molecule has 1 unspecified atom stereocenters. The van der Waals surface area contributed by atoms with Gasteiger partial charge in [0.05, 0.1) is 13.2 Å². The molecule has 62 valence electrons. The van der Waals surface area contributed by atoms with E-state index in [4.69, 9.17) is 16.3 Å². The van der Waals surface area contributed by atoms with Crippen molar-refractivity contribution in [2.24, 2.45) is 0 Å². The Balaban J connectivity index is 0.000000180. The molecule has 0 aromatic rings. The zero-order valence-electron chi connectivity index (χ0n) is 5.81. The molecular weight excluding hydrogens is 172 g/mol. The fourth-order valence-corrected chi connectivity index (χ4v) is 0.516. The second kappa shape index (κ2) is 9.60. The number of ether oxygens (including phenoxy) is 1. The molecule has 1 N–H and O–H groups in total. The van der Waals surface area contributed by atoms with Gasteiger partial charge in [0.1, 0.15) is 6.07 Å². The van der Waals surface area contributed by atoms with Gasteiger partial charge < -0.3 is 14.6 Å². The topological polar surface area (TPSA) is 30.5 Å². The summed E-state index contributed by atoms with van der Waals surface area (Å²) in [5.41, 5.74) is 0. The van der Waals surface area contributed by atoms with E-state index in [2.05, 4.69) is 9.84 Å². The highest BCUT2D eigenvalue weighted by atomic mass is 35.5. The molecule has 0 aromatic heterocycles. The predicted octanol–water partition coefficient (Wildman–Crippen LogP) is 0.596. The number of hydrogen-bond donors (Lipinski definition) is 1. The molecule has 1 aliphatic rings. The minimum Gasteiger partial charge on any atom is -0.379 e. The van der Waals surface area contributed by atoms with Crippen LogP contribution in [0.4, 0.5) is 0 Å². The van der Waals surface area contributed by atoms with Gasteiger partial charge >= 0.3 is 0 Å². The quantitative estimate of drug-likeness (QED) is 0.479. The van der Waals surface area contributed by atoms with Gasteiger partial charge in [0.2, 0.25) is 0 Å². The molecule has 1 aliphatic heterocycles. The van der Waals surface area contributed by atoms with Crippen LogP contribution in [0.2, 0.25) is 0 Å². The van der Waals surface area contributed by atoms with E-state index in [9.17, 15) is 0 Å². The number of rotatable bonds is 1. The van der Waals surface area contributed by atoms with Gasteiger partial charge in [0.25, 0.3) is 0 Å².